The summed E-state index contributed by atoms with van der Waals surface area (Å²) in [4.78, 5) is 25.7. The summed E-state index contributed by atoms with van der Waals surface area (Å²) in [6.07, 6.45) is 0. The third-order valence-corrected chi connectivity index (χ3v) is 3.65. The van der Waals surface area contributed by atoms with Crippen LogP contribution in [0, 0.1) is 0 Å². The van der Waals surface area contributed by atoms with Crippen molar-refractivity contribution in [1.82, 2.24) is 4.90 Å². The molecule has 116 valence electrons. The normalized spacial score (nSPS) is 10.1. The molecule has 0 saturated heterocycles. The summed E-state index contributed by atoms with van der Waals surface area (Å²) in [5.41, 5.74) is 1.57. The summed E-state index contributed by atoms with van der Waals surface area (Å²) in [7, 11) is 3.37. The van der Waals surface area contributed by atoms with Crippen molar-refractivity contribution in [1.29, 1.82) is 0 Å². The van der Waals surface area contributed by atoms with Gasteiger partial charge in [-0.1, -0.05) is 0 Å². The Labute approximate surface area is 133 Å². The number of anilines is 1. The van der Waals surface area contributed by atoms with Crippen molar-refractivity contribution in [3.8, 4) is 5.75 Å². The average molecular weight is 318 g/mol. The van der Waals surface area contributed by atoms with E-state index in [2.05, 4.69) is 5.32 Å². The Balaban J connectivity index is 2.31. The predicted octanol–water partition coefficient (Wildman–Crippen LogP) is 3.10. The molecule has 1 heterocycles. The lowest BCUT2D eigenvalue weighted by Crippen LogP contribution is -2.22. The number of rotatable bonds is 5. The molecule has 1 aromatic heterocycles. The third kappa shape index (κ3) is 3.65. The van der Waals surface area contributed by atoms with Crippen LogP contribution >= 0.6 is 11.3 Å². The summed E-state index contributed by atoms with van der Waals surface area (Å²) in [5.74, 6) is 0.187. The number of hydrogen-bond donors (Lipinski definition) is 1. The first-order chi connectivity index (χ1) is 10.5. The molecule has 2 aromatic rings. The number of nitrogens with one attached hydrogen (secondary N) is 1. The van der Waals surface area contributed by atoms with Gasteiger partial charge in [-0.25, -0.2) is 0 Å². The van der Waals surface area contributed by atoms with Crippen molar-refractivity contribution in [2.45, 2.75) is 6.92 Å². The Morgan fingerprint density at radius 2 is 2.00 bits per heavy atom. The highest BCUT2D eigenvalue weighted by Crippen LogP contribution is 2.27. The monoisotopic (exact) mass is 318 g/mol. The lowest BCUT2D eigenvalue weighted by Gasteiger charge is -2.15. The van der Waals surface area contributed by atoms with Gasteiger partial charge in [0, 0.05) is 25.0 Å². The van der Waals surface area contributed by atoms with Gasteiger partial charge in [-0.3, -0.25) is 9.59 Å². The molecule has 2 amide bonds. The molecule has 1 aromatic carbocycles. The molecule has 0 unspecified atom stereocenters. The van der Waals surface area contributed by atoms with Crippen LogP contribution in [0.3, 0.4) is 0 Å². The molecule has 0 aliphatic heterocycles. The van der Waals surface area contributed by atoms with Crippen LogP contribution in [0.25, 0.3) is 0 Å². The van der Waals surface area contributed by atoms with Gasteiger partial charge in [0.25, 0.3) is 11.8 Å². The summed E-state index contributed by atoms with van der Waals surface area (Å²) in [5, 5.41) is 6.41. The zero-order valence-electron chi connectivity index (χ0n) is 12.8. The number of ether oxygens (including phenoxy) is 1. The highest BCUT2D eigenvalue weighted by Gasteiger charge is 2.15. The molecule has 1 N–H and O–H groups in total. The van der Waals surface area contributed by atoms with Gasteiger partial charge < -0.3 is 15.0 Å². The van der Waals surface area contributed by atoms with Crippen LogP contribution in [0.2, 0.25) is 0 Å². The minimum absolute atomic E-state index is 0.130. The van der Waals surface area contributed by atoms with Gasteiger partial charge in [0.15, 0.2) is 0 Å². The van der Waals surface area contributed by atoms with Crippen molar-refractivity contribution >= 4 is 28.8 Å². The van der Waals surface area contributed by atoms with E-state index in [1.54, 1.807) is 43.7 Å². The number of nitrogens with zero attached hydrogens (tertiary/aromatic N) is 1. The van der Waals surface area contributed by atoms with Crippen molar-refractivity contribution in [3.05, 3.63) is 46.2 Å². The second-order valence-electron chi connectivity index (χ2n) is 4.81. The lowest BCUT2D eigenvalue weighted by atomic mass is 10.1. The van der Waals surface area contributed by atoms with E-state index in [9.17, 15) is 9.59 Å². The van der Waals surface area contributed by atoms with E-state index in [4.69, 9.17) is 4.74 Å². The van der Waals surface area contributed by atoms with Crippen LogP contribution in [0.5, 0.6) is 5.75 Å². The van der Waals surface area contributed by atoms with Crippen LogP contribution < -0.4 is 10.1 Å². The highest BCUT2D eigenvalue weighted by atomic mass is 32.1. The fourth-order valence-electron chi connectivity index (χ4n) is 1.89. The summed E-state index contributed by atoms with van der Waals surface area (Å²) in [6, 6.07) is 6.77. The van der Waals surface area contributed by atoms with Gasteiger partial charge in [0.1, 0.15) is 5.75 Å². The van der Waals surface area contributed by atoms with E-state index in [1.807, 2.05) is 12.3 Å². The zero-order chi connectivity index (χ0) is 16.1. The standard InChI is InChI=1S/C16H18N2O3S/c1-4-21-14-6-5-11(16(20)18(2)3)9-13(14)17-15(19)12-7-8-22-10-12/h5-10H,4H2,1-3H3,(H,17,19). The molecule has 0 radical (unpaired) electrons. The van der Waals surface area contributed by atoms with Crippen LogP contribution in [-0.4, -0.2) is 37.4 Å². The minimum atomic E-state index is -0.225. The Morgan fingerprint density at radius 1 is 1.23 bits per heavy atom. The van der Waals surface area contributed by atoms with Gasteiger partial charge in [0.05, 0.1) is 17.9 Å². The molecule has 0 bridgehead atoms. The van der Waals surface area contributed by atoms with Crippen LogP contribution in [0.15, 0.2) is 35.0 Å². The maximum atomic E-state index is 12.2. The number of benzene rings is 1. The molecule has 2 rings (SSSR count). The van der Waals surface area contributed by atoms with Gasteiger partial charge in [-0.15, -0.1) is 0 Å². The van der Waals surface area contributed by atoms with E-state index >= 15 is 0 Å². The first-order valence-corrected chi connectivity index (χ1v) is 7.79. The van der Waals surface area contributed by atoms with Crippen molar-refractivity contribution in [2.75, 3.05) is 26.0 Å². The second kappa shape index (κ2) is 7.09. The SMILES string of the molecule is CCOc1ccc(C(=O)N(C)C)cc1NC(=O)c1ccsc1. The maximum Gasteiger partial charge on any atom is 0.256 e. The fraction of sp³-hybridized carbons (Fsp3) is 0.250. The van der Waals surface area contributed by atoms with E-state index in [0.717, 1.165) is 0 Å². The number of thiophene rings is 1. The third-order valence-electron chi connectivity index (χ3n) is 2.96. The molecule has 0 saturated carbocycles. The highest BCUT2D eigenvalue weighted by molar-refractivity contribution is 7.08. The number of carbonyl (C=O) groups excluding carboxylic acids is 2. The molecule has 0 atom stereocenters. The van der Waals surface area contributed by atoms with Crippen molar-refractivity contribution in [3.63, 3.8) is 0 Å². The Kier molecular flexibility index (Phi) is 5.16. The molecule has 0 spiro atoms. The molecule has 0 fully saturated rings. The Bertz CT molecular complexity index is 666. The van der Waals surface area contributed by atoms with Crippen LogP contribution in [0.1, 0.15) is 27.6 Å². The molecule has 22 heavy (non-hydrogen) atoms. The smallest absolute Gasteiger partial charge is 0.256 e. The van der Waals surface area contributed by atoms with Gasteiger partial charge in [-0.2, -0.15) is 11.3 Å². The molecular weight excluding hydrogens is 300 g/mol. The van der Waals surface area contributed by atoms with Crippen LogP contribution in [0.4, 0.5) is 5.69 Å². The lowest BCUT2D eigenvalue weighted by molar-refractivity contribution is 0.0827. The van der Waals surface area contributed by atoms with E-state index in [-0.39, 0.29) is 11.8 Å². The number of carbonyl (C=O) groups is 2. The molecule has 0 aliphatic rings. The minimum Gasteiger partial charge on any atom is -0.492 e. The summed E-state index contributed by atoms with van der Waals surface area (Å²) >= 11 is 1.45. The zero-order valence-corrected chi connectivity index (χ0v) is 13.6. The van der Waals surface area contributed by atoms with E-state index in [0.29, 0.717) is 29.2 Å². The first-order valence-electron chi connectivity index (χ1n) is 6.85. The summed E-state index contributed by atoms with van der Waals surface area (Å²) in [6.45, 7) is 2.34. The molecular formula is C16H18N2O3S. The molecule has 6 heteroatoms. The fourth-order valence-corrected chi connectivity index (χ4v) is 2.52. The van der Waals surface area contributed by atoms with Gasteiger partial charge in [0.2, 0.25) is 0 Å². The second-order valence-corrected chi connectivity index (χ2v) is 5.59. The predicted molar refractivity (Wildman–Crippen MR) is 87.9 cm³/mol. The molecule has 5 nitrogen and oxygen atoms in total. The molecule has 0 aliphatic carbocycles. The van der Waals surface area contributed by atoms with Crippen LogP contribution in [-0.2, 0) is 0 Å². The average Bonchev–Trinajstić information content (AvgIpc) is 3.02. The number of amides is 2. The Hall–Kier alpha value is -2.34. The van der Waals surface area contributed by atoms with Gasteiger partial charge in [-0.05, 0) is 36.6 Å². The van der Waals surface area contributed by atoms with Gasteiger partial charge >= 0.3 is 0 Å². The van der Waals surface area contributed by atoms with E-state index < -0.39 is 0 Å². The number of hydrogen-bond acceptors (Lipinski definition) is 4. The summed E-state index contributed by atoms with van der Waals surface area (Å²) < 4.78 is 5.51. The topological polar surface area (TPSA) is 58.6 Å². The van der Waals surface area contributed by atoms with E-state index in [1.165, 1.54) is 16.2 Å². The quantitative estimate of drug-likeness (QED) is 0.921. The first kappa shape index (κ1) is 16.0. The van der Waals surface area contributed by atoms with Crippen molar-refractivity contribution < 1.29 is 14.3 Å². The largest absolute Gasteiger partial charge is 0.492 e. The van der Waals surface area contributed by atoms with Crippen molar-refractivity contribution in [2.24, 2.45) is 0 Å². The Morgan fingerprint density at radius 3 is 2.59 bits per heavy atom. The maximum absolute atomic E-state index is 12.2.